The van der Waals surface area contributed by atoms with Crippen LogP contribution in [0.3, 0.4) is 0 Å². The number of nitrogens with zero attached hydrogens (tertiary/aromatic N) is 7. The lowest BCUT2D eigenvalue weighted by atomic mass is 10.2. The molecule has 2 heterocycles. The molecule has 9 nitrogen and oxygen atoms in total. The summed E-state index contributed by atoms with van der Waals surface area (Å²) in [6, 6.07) is 0. The maximum absolute atomic E-state index is 5.24. The van der Waals surface area contributed by atoms with Gasteiger partial charge in [-0.1, -0.05) is 19.0 Å². The Balaban J connectivity index is 0.00000312. The van der Waals surface area contributed by atoms with Crippen LogP contribution in [0.4, 0.5) is 0 Å². The number of aliphatic imine (C=N–C) groups is 1. The number of hydrogen-bond donors (Lipinski definition) is 1. The van der Waals surface area contributed by atoms with Gasteiger partial charge in [-0.05, 0) is 6.92 Å². The summed E-state index contributed by atoms with van der Waals surface area (Å²) in [5.74, 6) is 3.31. The third kappa shape index (κ3) is 6.25. The summed E-state index contributed by atoms with van der Waals surface area (Å²) in [4.78, 5) is 15.2. The molecule has 0 saturated carbocycles. The fraction of sp³-hybridized carbons (Fsp3) is 0.667. The Morgan fingerprint density at radius 2 is 2.20 bits per heavy atom. The maximum atomic E-state index is 5.24. The summed E-state index contributed by atoms with van der Waals surface area (Å²) in [7, 11) is 3.85. The van der Waals surface area contributed by atoms with Gasteiger partial charge in [0.2, 0.25) is 5.89 Å². The quantitative estimate of drug-likeness (QED) is 0.379. The van der Waals surface area contributed by atoms with Crippen molar-refractivity contribution in [3.63, 3.8) is 0 Å². The molecule has 0 unspecified atom stereocenters. The van der Waals surface area contributed by atoms with E-state index in [2.05, 4.69) is 30.5 Å². The molecule has 0 fully saturated rings. The van der Waals surface area contributed by atoms with E-state index in [1.807, 2.05) is 39.8 Å². The second-order valence-corrected chi connectivity index (χ2v) is 5.84. The van der Waals surface area contributed by atoms with Crippen molar-refractivity contribution < 1.29 is 4.52 Å². The standard InChI is InChI=1S/C15H26N8O.HI/c1-6-16-15(22(4)9-12-18-10-19-23(12)5)17-8-7-13-20-14(11(2)3)21-24-13;/h10-11H,6-9H2,1-5H3,(H,16,17);1H. The minimum atomic E-state index is 0. The fourth-order valence-corrected chi connectivity index (χ4v) is 2.08. The van der Waals surface area contributed by atoms with E-state index in [0.29, 0.717) is 25.4 Å². The highest BCUT2D eigenvalue weighted by Gasteiger charge is 2.11. The molecule has 0 amide bonds. The van der Waals surface area contributed by atoms with Gasteiger partial charge in [0.15, 0.2) is 11.8 Å². The molecule has 10 heteroatoms. The zero-order valence-corrected chi connectivity index (χ0v) is 17.8. The Kier molecular flexibility index (Phi) is 8.79. The third-order valence-corrected chi connectivity index (χ3v) is 3.47. The van der Waals surface area contributed by atoms with E-state index in [9.17, 15) is 0 Å². The van der Waals surface area contributed by atoms with Crippen LogP contribution in [0.2, 0.25) is 0 Å². The molecule has 25 heavy (non-hydrogen) atoms. The Hall–Kier alpha value is -1.72. The minimum absolute atomic E-state index is 0. The number of guanidine groups is 1. The maximum Gasteiger partial charge on any atom is 0.228 e. The van der Waals surface area contributed by atoms with Crippen molar-refractivity contribution in [2.24, 2.45) is 12.0 Å². The molecule has 0 aromatic carbocycles. The molecular weight excluding hydrogens is 435 g/mol. The Morgan fingerprint density at radius 3 is 2.76 bits per heavy atom. The van der Waals surface area contributed by atoms with E-state index in [1.54, 1.807) is 11.0 Å². The molecule has 0 spiro atoms. The lowest BCUT2D eigenvalue weighted by molar-refractivity contribution is 0.372. The van der Waals surface area contributed by atoms with E-state index < -0.39 is 0 Å². The molecular formula is C15H27IN8O. The van der Waals surface area contributed by atoms with Gasteiger partial charge in [-0.3, -0.25) is 9.67 Å². The Bertz CT molecular complexity index is 666. The lowest BCUT2D eigenvalue weighted by Gasteiger charge is -2.21. The van der Waals surface area contributed by atoms with E-state index in [1.165, 1.54) is 0 Å². The number of aromatic nitrogens is 5. The molecule has 2 aromatic rings. The predicted octanol–water partition coefficient (Wildman–Crippen LogP) is 1.58. The summed E-state index contributed by atoms with van der Waals surface area (Å²) in [6.07, 6.45) is 2.17. The van der Waals surface area contributed by atoms with Crippen molar-refractivity contribution in [1.29, 1.82) is 0 Å². The van der Waals surface area contributed by atoms with Gasteiger partial charge in [0.05, 0.1) is 13.1 Å². The first-order chi connectivity index (χ1) is 11.5. The molecule has 0 saturated heterocycles. The van der Waals surface area contributed by atoms with Crippen LogP contribution in [0.25, 0.3) is 0 Å². The van der Waals surface area contributed by atoms with Gasteiger partial charge in [0, 0.05) is 33.0 Å². The van der Waals surface area contributed by atoms with Crippen LogP contribution in [0.15, 0.2) is 15.8 Å². The number of hydrogen-bond acceptors (Lipinski definition) is 6. The smallest absolute Gasteiger partial charge is 0.228 e. The van der Waals surface area contributed by atoms with E-state index in [4.69, 9.17) is 4.52 Å². The molecule has 0 aliphatic heterocycles. The number of halogens is 1. The zero-order chi connectivity index (χ0) is 17.5. The zero-order valence-electron chi connectivity index (χ0n) is 15.4. The van der Waals surface area contributed by atoms with Crippen molar-refractivity contribution in [2.75, 3.05) is 20.1 Å². The minimum Gasteiger partial charge on any atom is -0.357 e. The van der Waals surface area contributed by atoms with Crippen LogP contribution < -0.4 is 5.32 Å². The Morgan fingerprint density at radius 1 is 1.44 bits per heavy atom. The average molecular weight is 462 g/mol. The van der Waals surface area contributed by atoms with Crippen LogP contribution in [-0.2, 0) is 20.0 Å². The number of rotatable bonds is 7. The van der Waals surface area contributed by atoms with Gasteiger partial charge in [-0.15, -0.1) is 24.0 Å². The monoisotopic (exact) mass is 462 g/mol. The van der Waals surface area contributed by atoms with Crippen molar-refractivity contribution in [1.82, 2.24) is 35.1 Å². The van der Waals surface area contributed by atoms with E-state index in [0.717, 1.165) is 24.2 Å². The predicted molar refractivity (Wildman–Crippen MR) is 106 cm³/mol. The lowest BCUT2D eigenvalue weighted by Crippen LogP contribution is -2.39. The van der Waals surface area contributed by atoms with Crippen molar-refractivity contribution >= 4 is 29.9 Å². The van der Waals surface area contributed by atoms with Crippen LogP contribution >= 0.6 is 24.0 Å². The molecule has 0 bridgehead atoms. The second-order valence-electron chi connectivity index (χ2n) is 5.84. The summed E-state index contributed by atoms with van der Waals surface area (Å²) < 4.78 is 7.00. The first-order valence-corrected chi connectivity index (χ1v) is 8.16. The molecule has 0 aliphatic carbocycles. The molecule has 1 N–H and O–H groups in total. The van der Waals surface area contributed by atoms with Crippen molar-refractivity contribution in [2.45, 2.75) is 39.7 Å². The molecule has 2 rings (SSSR count). The number of nitrogens with one attached hydrogen (secondary N) is 1. The van der Waals surface area contributed by atoms with Crippen LogP contribution in [0.1, 0.15) is 44.2 Å². The van der Waals surface area contributed by atoms with Crippen LogP contribution in [0.5, 0.6) is 0 Å². The largest absolute Gasteiger partial charge is 0.357 e. The highest BCUT2D eigenvalue weighted by atomic mass is 127. The SMILES string of the molecule is CCNC(=NCCc1nc(C(C)C)no1)N(C)Cc1ncnn1C.I. The highest BCUT2D eigenvalue weighted by molar-refractivity contribution is 14.0. The number of aryl methyl sites for hydroxylation is 1. The van der Waals surface area contributed by atoms with Gasteiger partial charge < -0.3 is 14.7 Å². The van der Waals surface area contributed by atoms with Gasteiger partial charge in [-0.25, -0.2) is 4.98 Å². The summed E-state index contributed by atoms with van der Waals surface area (Å²) in [5.41, 5.74) is 0. The molecule has 0 aliphatic rings. The average Bonchev–Trinajstić information content (AvgIpc) is 3.16. The first kappa shape index (κ1) is 21.3. The van der Waals surface area contributed by atoms with Crippen molar-refractivity contribution in [3.05, 3.63) is 23.9 Å². The van der Waals surface area contributed by atoms with E-state index >= 15 is 0 Å². The molecule has 2 aromatic heterocycles. The first-order valence-electron chi connectivity index (χ1n) is 8.16. The van der Waals surface area contributed by atoms with E-state index in [-0.39, 0.29) is 29.9 Å². The van der Waals surface area contributed by atoms with Gasteiger partial charge in [-0.2, -0.15) is 10.1 Å². The third-order valence-electron chi connectivity index (χ3n) is 3.47. The summed E-state index contributed by atoms with van der Waals surface area (Å²) in [5, 5.41) is 11.3. The van der Waals surface area contributed by atoms with Gasteiger partial charge in [0.1, 0.15) is 12.2 Å². The fourth-order valence-electron chi connectivity index (χ4n) is 2.08. The molecule has 0 radical (unpaired) electrons. The highest BCUT2D eigenvalue weighted by Crippen LogP contribution is 2.09. The van der Waals surface area contributed by atoms with Crippen LogP contribution in [0, 0.1) is 0 Å². The summed E-state index contributed by atoms with van der Waals surface area (Å²) in [6.45, 7) is 8.11. The van der Waals surface area contributed by atoms with Gasteiger partial charge in [0.25, 0.3) is 0 Å². The topological polar surface area (TPSA) is 97.3 Å². The summed E-state index contributed by atoms with van der Waals surface area (Å²) >= 11 is 0. The molecule has 0 atom stereocenters. The molecule has 140 valence electrons. The van der Waals surface area contributed by atoms with Crippen LogP contribution in [-0.4, -0.2) is 55.9 Å². The van der Waals surface area contributed by atoms with Crippen molar-refractivity contribution in [3.8, 4) is 0 Å². The normalized spacial score (nSPS) is 11.5. The second kappa shape index (κ2) is 10.3. The van der Waals surface area contributed by atoms with Gasteiger partial charge >= 0.3 is 0 Å². The Labute approximate surface area is 165 Å².